The zero-order valence-electron chi connectivity index (χ0n) is 9.21. The topological polar surface area (TPSA) is 64.9 Å². The molecule has 2 aromatic rings. The zero-order valence-corrected chi connectivity index (χ0v) is 9.21. The molecular weight excluding hydrogens is 206 g/mol. The Morgan fingerprint density at radius 3 is 2.62 bits per heavy atom. The van der Waals surface area contributed by atoms with E-state index in [1.165, 1.54) is 0 Å². The largest absolute Gasteiger partial charge is 0.297 e. The van der Waals surface area contributed by atoms with Gasteiger partial charge < -0.3 is 0 Å². The van der Waals surface area contributed by atoms with Crippen molar-refractivity contribution in [2.24, 2.45) is 7.05 Å². The van der Waals surface area contributed by atoms with Crippen LogP contribution in [0.4, 0.5) is 0 Å². The van der Waals surface area contributed by atoms with Crippen molar-refractivity contribution in [3.05, 3.63) is 29.8 Å². The van der Waals surface area contributed by atoms with E-state index in [-0.39, 0.29) is 0 Å². The highest BCUT2D eigenvalue weighted by atomic mass is 16.6. The fraction of sp³-hybridized carbons (Fsp3) is 0.300. The second-order valence-electron chi connectivity index (χ2n) is 3.32. The van der Waals surface area contributed by atoms with Gasteiger partial charge in [-0.1, -0.05) is 24.3 Å². The molecule has 1 aromatic carbocycles. The first kappa shape index (κ1) is 10.7. The fourth-order valence-corrected chi connectivity index (χ4v) is 1.38. The molecule has 1 N–H and O–H groups in total. The number of aromatic nitrogens is 4. The van der Waals surface area contributed by atoms with Crippen molar-refractivity contribution < 1.29 is 4.84 Å². The average molecular weight is 219 g/mol. The van der Waals surface area contributed by atoms with Crippen LogP contribution in [-0.2, 0) is 18.5 Å². The van der Waals surface area contributed by atoms with Crippen LogP contribution in [-0.4, -0.2) is 27.3 Å². The number of nitrogens with zero attached hydrogens (tertiary/aromatic N) is 4. The van der Waals surface area contributed by atoms with Crippen LogP contribution >= 0.6 is 0 Å². The summed E-state index contributed by atoms with van der Waals surface area (Å²) in [4.78, 5) is 5.08. The van der Waals surface area contributed by atoms with Crippen molar-refractivity contribution >= 4 is 0 Å². The Labute approximate surface area is 93.2 Å². The maximum absolute atomic E-state index is 5.08. The zero-order chi connectivity index (χ0) is 11.4. The number of rotatable bonds is 4. The molecule has 0 amide bonds. The summed E-state index contributed by atoms with van der Waals surface area (Å²) >= 11 is 0. The van der Waals surface area contributed by atoms with Crippen molar-refractivity contribution in [1.82, 2.24) is 25.7 Å². The van der Waals surface area contributed by atoms with Gasteiger partial charge in [-0.05, 0) is 16.0 Å². The number of nitrogens with one attached hydrogen (secondary N) is 1. The lowest BCUT2D eigenvalue weighted by Crippen LogP contribution is -2.06. The van der Waals surface area contributed by atoms with Gasteiger partial charge in [-0.25, -0.2) is 10.2 Å². The highest BCUT2D eigenvalue weighted by Crippen LogP contribution is 2.15. The molecule has 0 spiro atoms. The van der Waals surface area contributed by atoms with Gasteiger partial charge in [0.15, 0.2) is 5.82 Å². The molecule has 16 heavy (non-hydrogen) atoms. The van der Waals surface area contributed by atoms with Crippen LogP contribution in [0.5, 0.6) is 0 Å². The minimum atomic E-state index is 0.536. The summed E-state index contributed by atoms with van der Waals surface area (Å²) in [5.41, 5.74) is 4.71. The number of tetrazole rings is 1. The standard InChI is InChI=1S/C10H13N5O/c1-11-16-7-8-3-5-9(6-4-8)10-12-13-14-15(10)2/h3-6,11H,7H2,1-2H3. The number of hydrogen-bond donors (Lipinski definition) is 1. The molecule has 6 nitrogen and oxygen atoms in total. The third-order valence-electron chi connectivity index (χ3n) is 2.22. The maximum atomic E-state index is 5.08. The van der Waals surface area contributed by atoms with Crippen molar-refractivity contribution in [3.8, 4) is 11.4 Å². The summed E-state index contributed by atoms with van der Waals surface area (Å²) < 4.78 is 1.64. The van der Waals surface area contributed by atoms with Crippen molar-refractivity contribution in [2.45, 2.75) is 6.61 Å². The lowest BCUT2D eigenvalue weighted by molar-refractivity contribution is 0.0444. The molecule has 0 saturated carbocycles. The van der Waals surface area contributed by atoms with E-state index in [2.05, 4.69) is 21.0 Å². The van der Waals surface area contributed by atoms with Crippen LogP contribution in [0, 0.1) is 0 Å². The van der Waals surface area contributed by atoms with Gasteiger partial charge in [-0.3, -0.25) is 4.84 Å². The summed E-state index contributed by atoms with van der Waals surface area (Å²) in [6.45, 7) is 0.536. The summed E-state index contributed by atoms with van der Waals surface area (Å²) in [6.07, 6.45) is 0. The average Bonchev–Trinajstić information content (AvgIpc) is 2.74. The van der Waals surface area contributed by atoms with E-state index >= 15 is 0 Å². The predicted octanol–water partition coefficient (Wildman–Crippen LogP) is 0.528. The van der Waals surface area contributed by atoms with E-state index < -0.39 is 0 Å². The van der Waals surface area contributed by atoms with E-state index in [0.29, 0.717) is 6.61 Å². The van der Waals surface area contributed by atoms with E-state index in [1.54, 1.807) is 11.7 Å². The third kappa shape index (κ3) is 2.23. The van der Waals surface area contributed by atoms with Crippen molar-refractivity contribution in [1.29, 1.82) is 0 Å². The normalized spacial score (nSPS) is 10.6. The Morgan fingerprint density at radius 2 is 2.06 bits per heavy atom. The Hall–Kier alpha value is -1.79. The van der Waals surface area contributed by atoms with Gasteiger partial charge in [0.1, 0.15) is 0 Å². The molecule has 84 valence electrons. The lowest BCUT2D eigenvalue weighted by Gasteiger charge is -2.03. The van der Waals surface area contributed by atoms with Crippen LogP contribution in [0.3, 0.4) is 0 Å². The second-order valence-corrected chi connectivity index (χ2v) is 3.32. The Kier molecular flexibility index (Phi) is 3.23. The van der Waals surface area contributed by atoms with Gasteiger partial charge in [0.05, 0.1) is 6.61 Å². The van der Waals surface area contributed by atoms with E-state index in [9.17, 15) is 0 Å². The van der Waals surface area contributed by atoms with Gasteiger partial charge in [-0.2, -0.15) is 0 Å². The molecule has 2 rings (SSSR count). The highest BCUT2D eigenvalue weighted by molar-refractivity contribution is 5.54. The van der Waals surface area contributed by atoms with Crippen LogP contribution in [0.15, 0.2) is 24.3 Å². The Morgan fingerprint density at radius 1 is 1.31 bits per heavy atom. The number of hydroxylamine groups is 1. The first-order valence-corrected chi connectivity index (χ1v) is 4.91. The molecule has 0 aliphatic heterocycles. The van der Waals surface area contributed by atoms with Crippen LogP contribution in [0.1, 0.15) is 5.56 Å². The lowest BCUT2D eigenvalue weighted by atomic mass is 10.1. The molecule has 0 unspecified atom stereocenters. The quantitative estimate of drug-likeness (QED) is 0.760. The minimum absolute atomic E-state index is 0.536. The first-order valence-electron chi connectivity index (χ1n) is 4.91. The SMILES string of the molecule is CNOCc1ccc(-c2nnnn2C)cc1. The molecule has 0 aliphatic carbocycles. The van der Waals surface area contributed by atoms with Crippen molar-refractivity contribution in [3.63, 3.8) is 0 Å². The number of aryl methyl sites for hydroxylation is 1. The van der Waals surface area contributed by atoms with Gasteiger partial charge in [-0.15, -0.1) is 5.10 Å². The fourth-order valence-electron chi connectivity index (χ4n) is 1.38. The molecule has 1 aromatic heterocycles. The van der Waals surface area contributed by atoms with Gasteiger partial charge in [0.2, 0.25) is 0 Å². The van der Waals surface area contributed by atoms with E-state index in [0.717, 1.165) is 17.0 Å². The predicted molar refractivity (Wildman–Crippen MR) is 58.1 cm³/mol. The maximum Gasteiger partial charge on any atom is 0.181 e. The highest BCUT2D eigenvalue weighted by Gasteiger charge is 2.04. The summed E-state index contributed by atoms with van der Waals surface area (Å²) in [5, 5.41) is 11.3. The molecule has 6 heteroatoms. The summed E-state index contributed by atoms with van der Waals surface area (Å²) in [5.74, 6) is 0.751. The van der Waals surface area contributed by atoms with Crippen LogP contribution < -0.4 is 5.48 Å². The van der Waals surface area contributed by atoms with Crippen LogP contribution in [0.2, 0.25) is 0 Å². The van der Waals surface area contributed by atoms with Crippen molar-refractivity contribution in [2.75, 3.05) is 7.05 Å². The smallest absolute Gasteiger partial charge is 0.181 e. The van der Waals surface area contributed by atoms with Gasteiger partial charge >= 0.3 is 0 Å². The molecule has 0 aliphatic rings. The summed E-state index contributed by atoms with van der Waals surface area (Å²) in [6, 6.07) is 7.92. The Bertz CT molecular complexity index is 450. The van der Waals surface area contributed by atoms with Crippen LogP contribution in [0.25, 0.3) is 11.4 Å². The van der Waals surface area contributed by atoms with E-state index in [1.807, 2.05) is 31.3 Å². The van der Waals surface area contributed by atoms with E-state index in [4.69, 9.17) is 4.84 Å². The molecule has 0 radical (unpaired) electrons. The number of benzene rings is 1. The molecule has 0 saturated heterocycles. The molecule has 0 atom stereocenters. The first-order chi connectivity index (χ1) is 7.81. The third-order valence-corrected chi connectivity index (χ3v) is 2.22. The van der Waals surface area contributed by atoms with Gasteiger partial charge in [0.25, 0.3) is 0 Å². The monoisotopic (exact) mass is 219 g/mol. The van der Waals surface area contributed by atoms with Gasteiger partial charge in [0, 0.05) is 19.7 Å². The molecular formula is C10H13N5O. The summed E-state index contributed by atoms with van der Waals surface area (Å²) in [7, 11) is 3.55. The minimum Gasteiger partial charge on any atom is -0.297 e. The molecule has 1 heterocycles. The molecule has 0 fully saturated rings. The Balaban J connectivity index is 2.16. The second kappa shape index (κ2) is 4.82. The number of hydrogen-bond acceptors (Lipinski definition) is 5. The molecule has 0 bridgehead atoms.